The Hall–Kier alpha value is -3.32. The summed E-state index contributed by atoms with van der Waals surface area (Å²) in [6.45, 7) is 0. The van der Waals surface area contributed by atoms with Gasteiger partial charge in [-0.1, -0.05) is 0 Å². The Morgan fingerprint density at radius 1 is 0.556 bits per heavy atom. The summed E-state index contributed by atoms with van der Waals surface area (Å²) in [6.07, 6.45) is 7.70. The van der Waals surface area contributed by atoms with Crippen molar-refractivity contribution < 1.29 is 45.7 Å². The minimum Gasteiger partial charge on any atom is -0.545 e. The largest absolute Gasteiger partial charge is 2.00 e. The van der Waals surface area contributed by atoms with Crippen LogP contribution in [0.2, 0.25) is 0 Å². The van der Waals surface area contributed by atoms with Crippen molar-refractivity contribution in [2.45, 2.75) is 19.6 Å². The molecule has 0 unspecified atom stereocenters. The molecule has 8 nitrogen and oxygen atoms in total. The first kappa shape index (κ1) is 34.6. The van der Waals surface area contributed by atoms with Gasteiger partial charge in [0.1, 0.15) is 11.2 Å². The van der Waals surface area contributed by atoms with Crippen molar-refractivity contribution in [1.29, 1.82) is 0 Å². The molecule has 0 amide bonds. The van der Waals surface area contributed by atoms with E-state index >= 15 is 0 Å². The van der Waals surface area contributed by atoms with Gasteiger partial charge < -0.3 is 28.6 Å². The van der Waals surface area contributed by atoms with Crippen molar-refractivity contribution in [3.05, 3.63) is 92.2 Å². The predicted molar refractivity (Wildman–Crippen MR) is 176 cm³/mol. The molecule has 4 aromatic carbocycles. The number of aromatic carboxylic acids is 2. The Bertz CT molecular complexity index is 2090. The quantitative estimate of drug-likeness (QED) is 0.122. The number of rotatable bonds is 6. The fourth-order valence-electron chi connectivity index (χ4n) is 4.60. The molecule has 229 valence electrons. The molecule has 2 heterocycles. The molecule has 0 bridgehead atoms. The number of thioether (sulfide) groups is 4. The first-order valence-corrected chi connectivity index (χ1v) is 17.7. The average Bonchev–Trinajstić information content (AvgIpc) is 3.04. The molecule has 0 fully saturated rings. The molecule has 6 aromatic rings. The summed E-state index contributed by atoms with van der Waals surface area (Å²) >= 11 is 6.08. The van der Waals surface area contributed by atoms with Crippen molar-refractivity contribution in [2.24, 2.45) is 0 Å². The van der Waals surface area contributed by atoms with Crippen LogP contribution >= 0.6 is 47.0 Å². The summed E-state index contributed by atoms with van der Waals surface area (Å²) < 4.78 is 11.7. The van der Waals surface area contributed by atoms with E-state index in [0.29, 0.717) is 33.1 Å². The molecular weight excluding hydrogens is 696 g/mol. The maximum Gasteiger partial charge on any atom is 2.00 e. The van der Waals surface area contributed by atoms with E-state index in [2.05, 4.69) is 0 Å². The van der Waals surface area contributed by atoms with Crippen LogP contribution in [0.3, 0.4) is 0 Å². The molecule has 6 rings (SSSR count). The molecule has 0 aliphatic heterocycles. The minimum atomic E-state index is -1.32. The van der Waals surface area contributed by atoms with Gasteiger partial charge in [0.05, 0.1) is 43.3 Å². The van der Waals surface area contributed by atoms with Gasteiger partial charge in [-0.25, -0.2) is 0 Å². The predicted octanol–water partition coefficient (Wildman–Crippen LogP) is 5.50. The van der Waals surface area contributed by atoms with Gasteiger partial charge in [-0.15, -0.1) is 47.0 Å². The van der Waals surface area contributed by atoms with Gasteiger partial charge in [-0.2, -0.15) is 0 Å². The van der Waals surface area contributed by atoms with Gasteiger partial charge in [0.2, 0.25) is 10.9 Å². The third-order valence-electron chi connectivity index (χ3n) is 6.80. The van der Waals surface area contributed by atoms with E-state index in [0.717, 1.165) is 19.6 Å². The Morgan fingerprint density at radius 2 is 0.933 bits per heavy atom. The van der Waals surface area contributed by atoms with E-state index in [4.69, 9.17) is 8.83 Å². The summed E-state index contributed by atoms with van der Waals surface area (Å²) in [4.78, 5) is 51.0. The third-order valence-corrected chi connectivity index (χ3v) is 9.70. The van der Waals surface area contributed by atoms with Crippen molar-refractivity contribution in [3.63, 3.8) is 0 Å². The zero-order valence-electron chi connectivity index (χ0n) is 24.1. The molecule has 0 saturated carbocycles. The molecule has 1 radical (unpaired) electrons. The maximum absolute atomic E-state index is 12.7. The van der Waals surface area contributed by atoms with E-state index in [1.165, 1.54) is 83.4 Å². The monoisotopic (exact) mass is 717 g/mol. The van der Waals surface area contributed by atoms with Crippen molar-refractivity contribution in [3.8, 4) is 0 Å². The van der Waals surface area contributed by atoms with Gasteiger partial charge in [-0.3, -0.25) is 9.59 Å². The molecule has 0 spiro atoms. The molecule has 2 aromatic heterocycles. The number of benzene rings is 4. The standard InChI is InChI=1S/2C16H12O4S2.Mn/c2*1-21-9-6-11-14(17)10-5-8(16(18)19)3-4-12(10)20-15(11)13(7-9)22-2;/h2*3-7H,1-2H3,(H,18,19);/q;;+2/p-2. The normalized spacial score (nSPS) is 10.9. The van der Waals surface area contributed by atoms with Crippen LogP contribution in [-0.2, 0) is 17.1 Å². The number of hydrogen-bond acceptors (Lipinski definition) is 12. The van der Waals surface area contributed by atoms with Gasteiger partial charge in [0, 0.05) is 9.79 Å². The summed E-state index contributed by atoms with van der Waals surface area (Å²) in [5.74, 6) is -2.63. The molecule has 13 heteroatoms. The molecule has 0 N–H and O–H groups in total. The Labute approximate surface area is 283 Å². The summed E-state index contributed by atoms with van der Waals surface area (Å²) in [7, 11) is 0. The summed E-state index contributed by atoms with van der Waals surface area (Å²) in [5.41, 5.74) is 1.27. The second-order valence-corrected chi connectivity index (χ2v) is 12.7. The van der Waals surface area contributed by atoms with Crippen molar-refractivity contribution in [1.82, 2.24) is 0 Å². The van der Waals surface area contributed by atoms with Gasteiger partial charge in [0.25, 0.3) is 0 Å². The van der Waals surface area contributed by atoms with E-state index in [1.54, 1.807) is 12.1 Å². The van der Waals surface area contributed by atoms with E-state index in [-0.39, 0.29) is 49.8 Å². The maximum atomic E-state index is 12.7. The molecule has 0 aliphatic rings. The van der Waals surface area contributed by atoms with Crippen LogP contribution < -0.4 is 21.1 Å². The van der Waals surface area contributed by atoms with Crippen LogP contribution in [0.15, 0.2) is 98.7 Å². The second kappa shape index (κ2) is 14.4. The van der Waals surface area contributed by atoms with Crippen LogP contribution in [-0.4, -0.2) is 37.0 Å². The van der Waals surface area contributed by atoms with Gasteiger partial charge in [0.15, 0.2) is 11.2 Å². The Balaban J connectivity index is 0.000000200. The Morgan fingerprint density at radius 3 is 1.24 bits per heavy atom. The Kier molecular flexibility index (Phi) is 11.1. The zero-order chi connectivity index (χ0) is 31.7. The van der Waals surface area contributed by atoms with Crippen molar-refractivity contribution >= 4 is 103 Å². The fourth-order valence-corrected chi connectivity index (χ4v) is 6.85. The molecular formula is C32H22MnO8S4. The van der Waals surface area contributed by atoms with Crippen LogP contribution in [0.25, 0.3) is 43.9 Å². The first-order valence-electron chi connectivity index (χ1n) is 12.8. The zero-order valence-corrected chi connectivity index (χ0v) is 28.5. The van der Waals surface area contributed by atoms with Crippen LogP contribution in [0.4, 0.5) is 0 Å². The molecule has 0 aliphatic carbocycles. The smallest absolute Gasteiger partial charge is 0.545 e. The summed E-state index contributed by atoms with van der Waals surface area (Å²) in [5, 5.41) is 23.4. The molecule has 0 atom stereocenters. The van der Waals surface area contributed by atoms with Gasteiger partial charge >= 0.3 is 17.1 Å². The SMILES string of the molecule is CSc1cc(SC)c2oc3ccc(C(=O)[O-])cc3c(=O)c2c1.CSc1cc(SC)c2oc3ccc(C(=O)[O-])cc3c(=O)c2c1.[Mn+2]. The van der Waals surface area contributed by atoms with Crippen LogP contribution in [0.5, 0.6) is 0 Å². The number of carboxylic acid groups (broad SMARTS) is 2. The first-order chi connectivity index (χ1) is 21.1. The van der Waals surface area contributed by atoms with Crippen LogP contribution in [0, 0.1) is 0 Å². The number of carboxylic acids is 2. The number of fused-ring (bicyclic) bond motifs is 4. The number of carbonyl (C=O) groups is 2. The number of carbonyl (C=O) groups excluding carboxylic acids is 2. The average molecular weight is 718 g/mol. The van der Waals surface area contributed by atoms with Crippen LogP contribution in [0.1, 0.15) is 20.7 Å². The second-order valence-electron chi connectivity index (χ2n) is 9.27. The van der Waals surface area contributed by atoms with Gasteiger partial charge in [-0.05, 0) is 96.8 Å². The van der Waals surface area contributed by atoms with E-state index in [1.807, 2.05) is 37.2 Å². The molecule has 45 heavy (non-hydrogen) atoms. The summed E-state index contributed by atoms with van der Waals surface area (Å²) in [6, 6.07) is 15.9. The molecule has 0 saturated heterocycles. The topological polar surface area (TPSA) is 141 Å². The van der Waals surface area contributed by atoms with Crippen molar-refractivity contribution in [2.75, 3.05) is 25.0 Å². The third kappa shape index (κ3) is 6.79. The van der Waals surface area contributed by atoms with E-state index < -0.39 is 11.9 Å². The fraction of sp³-hybridized carbons (Fsp3) is 0.125. The minimum absolute atomic E-state index is 0. The number of hydrogen-bond donors (Lipinski definition) is 0. The van der Waals surface area contributed by atoms with E-state index in [9.17, 15) is 29.4 Å².